The van der Waals surface area contributed by atoms with Crippen molar-refractivity contribution in [3.8, 4) is 5.75 Å². The highest BCUT2D eigenvalue weighted by Gasteiger charge is 2.25. The van der Waals surface area contributed by atoms with Crippen LogP contribution in [-0.2, 0) is 9.53 Å². The molecule has 1 aromatic rings. The van der Waals surface area contributed by atoms with Crippen molar-refractivity contribution in [2.24, 2.45) is 0 Å². The van der Waals surface area contributed by atoms with Crippen molar-refractivity contribution in [1.82, 2.24) is 15.5 Å². The van der Waals surface area contributed by atoms with Crippen LogP contribution in [0.1, 0.15) is 50.4 Å². The highest BCUT2D eigenvalue weighted by atomic mass is 16.6. The number of alkyl carbamates (subject to hydrolysis) is 1. The molecule has 2 rings (SSSR count). The second kappa shape index (κ2) is 10.1. The van der Waals surface area contributed by atoms with Gasteiger partial charge in [-0.2, -0.15) is 0 Å². The Morgan fingerprint density at radius 2 is 1.79 bits per heavy atom. The minimum absolute atomic E-state index is 0.0105. The van der Waals surface area contributed by atoms with Crippen LogP contribution in [0, 0.1) is 0 Å². The summed E-state index contributed by atoms with van der Waals surface area (Å²) in [4.78, 5) is 38.2. The zero-order chi connectivity index (χ0) is 21.4. The molecule has 2 N–H and O–H groups in total. The molecule has 1 aliphatic heterocycles. The van der Waals surface area contributed by atoms with E-state index in [1.807, 2.05) is 6.07 Å². The molecule has 1 heterocycles. The van der Waals surface area contributed by atoms with Crippen molar-refractivity contribution in [1.29, 1.82) is 0 Å². The number of piperidine rings is 1. The largest absolute Gasteiger partial charge is 0.496 e. The van der Waals surface area contributed by atoms with Crippen molar-refractivity contribution in [2.75, 3.05) is 26.7 Å². The van der Waals surface area contributed by atoms with E-state index in [1.165, 1.54) is 7.11 Å². The number of carbonyl (C=O) groups excluding carboxylic acids is 3. The molecular weight excluding hydrogens is 374 g/mol. The molecule has 1 fully saturated rings. The van der Waals surface area contributed by atoms with Gasteiger partial charge in [-0.05, 0) is 45.7 Å². The van der Waals surface area contributed by atoms with E-state index in [1.54, 1.807) is 43.9 Å². The van der Waals surface area contributed by atoms with E-state index in [0.29, 0.717) is 37.2 Å². The molecule has 29 heavy (non-hydrogen) atoms. The third-order valence-corrected chi connectivity index (χ3v) is 4.54. The molecule has 1 aromatic carbocycles. The highest BCUT2D eigenvalue weighted by molar-refractivity contribution is 5.97. The van der Waals surface area contributed by atoms with Crippen molar-refractivity contribution >= 4 is 17.9 Å². The Morgan fingerprint density at radius 3 is 2.41 bits per heavy atom. The van der Waals surface area contributed by atoms with E-state index in [2.05, 4.69) is 10.6 Å². The van der Waals surface area contributed by atoms with Gasteiger partial charge in [0.05, 0.1) is 12.7 Å². The number of nitrogens with one attached hydrogen (secondary N) is 2. The van der Waals surface area contributed by atoms with Gasteiger partial charge >= 0.3 is 6.09 Å². The lowest BCUT2D eigenvalue weighted by Gasteiger charge is -2.32. The monoisotopic (exact) mass is 405 g/mol. The van der Waals surface area contributed by atoms with Crippen LogP contribution in [0.25, 0.3) is 0 Å². The summed E-state index contributed by atoms with van der Waals surface area (Å²) in [5.74, 6) is 0.347. The van der Waals surface area contributed by atoms with Crippen molar-refractivity contribution in [3.63, 3.8) is 0 Å². The maximum absolute atomic E-state index is 12.5. The van der Waals surface area contributed by atoms with Gasteiger partial charge in [0.1, 0.15) is 11.4 Å². The van der Waals surface area contributed by atoms with Gasteiger partial charge in [-0.25, -0.2) is 4.79 Å². The molecule has 3 amide bonds. The van der Waals surface area contributed by atoms with Gasteiger partial charge in [0, 0.05) is 32.1 Å². The van der Waals surface area contributed by atoms with Crippen LogP contribution in [0.5, 0.6) is 5.75 Å². The summed E-state index contributed by atoms with van der Waals surface area (Å²) >= 11 is 0. The van der Waals surface area contributed by atoms with Gasteiger partial charge in [-0.3, -0.25) is 9.59 Å². The lowest BCUT2D eigenvalue weighted by atomic mass is 10.0. The predicted molar refractivity (Wildman–Crippen MR) is 109 cm³/mol. The fraction of sp³-hybridized carbons (Fsp3) is 0.571. The summed E-state index contributed by atoms with van der Waals surface area (Å²) < 4.78 is 10.4. The maximum atomic E-state index is 12.5. The first-order valence-electron chi connectivity index (χ1n) is 9.88. The van der Waals surface area contributed by atoms with E-state index in [-0.39, 0.29) is 30.8 Å². The molecule has 1 aliphatic rings. The van der Waals surface area contributed by atoms with Gasteiger partial charge in [0.2, 0.25) is 5.91 Å². The number of rotatable bonds is 6. The number of nitrogens with zero attached hydrogens (tertiary/aromatic N) is 1. The van der Waals surface area contributed by atoms with E-state index in [0.717, 1.165) is 0 Å². The Kier molecular flexibility index (Phi) is 7.87. The van der Waals surface area contributed by atoms with Crippen LogP contribution >= 0.6 is 0 Å². The van der Waals surface area contributed by atoms with E-state index >= 15 is 0 Å². The summed E-state index contributed by atoms with van der Waals surface area (Å²) in [6, 6.07) is 7.10. The van der Waals surface area contributed by atoms with Gasteiger partial charge < -0.3 is 25.0 Å². The minimum atomic E-state index is -0.565. The second-order valence-corrected chi connectivity index (χ2v) is 8.01. The topological polar surface area (TPSA) is 97.0 Å². The molecule has 0 atom stereocenters. The molecule has 0 spiro atoms. The Labute approximate surface area is 171 Å². The van der Waals surface area contributed by atoms with E-state index in [4.69, 9.17) is 9.47 Å². The molecule has 0 unspecified atom stereocenters. The molecule has 160 valence electrons. The van der Waals surface area contributed by atoms with Gasteiger partial charge in [-0.1, -0.05) is 12.1 Å². The number of para-hydroxylation sites is 1. The third-order valence-electron chi connectivity index (χ3n) is 4.54. The average Bonchev–Trinajstić information content (AvgIpc) is 2.67. The van der Waals surface area contributed by atoms with Crippen LogP contribution in [0.4, 0.5) is 4.79 Å². The Morgan fingerprint density at radius 1 is 1.14 bits per heavy atom. The standard InChI is InChI=1S/C21H31N3O5/c1-21(2,3)29-20(27)22-12-9-18(25)24-13-10-15(11-14-24)23-19(26)16-7-5-6-8-17(16)28-4/h5-8,15H,9-14H2,1-4H3,(H,22,27)(H,23,26). The zero-order valence-corrected chi connectivity index (χ0v) is 17.6. The van der Waals surface area contributed by atoms with Crippen LogP contribution in [0.15, 0.2) is 24.3 Å². The third kappa shape index (κ3) is 7.29. The van der Waals surface area contributed by atoms with Crippen LogP contribution in [0.3, 0.4) is 0 Å². The molecule has 0 saturated carbocycles. The number of ether oxygens (including phenoxy) is 2. The van der Waals surface area contributed by atoms with Crippen molar-refractivity contribution in [3.05, 3.63) is 29.8 Å². The summed E-state index contributed by atoms with van der Waals surface area (Å²) in [5.41, 5.74) is -0.0637. The lowest BCUT2D eigenvalue weighted by molar-refractivity contribution is -0.132. The summed E-state index contributed by atoms with van der Waals surface area (Å²) in [5, 5.41) is 5.61. The molecule has 0 radical (unpaired) electrons. The quantitative estimate of drug-likeness (QED) is 0.757. The molecule has 0 aliphatic carbocycles. The zero-order valence-electron chi connectivity index (χ0n) is 17.6. The number of hydrogen-bond acceptors (Lipinski definition) is 5. The average molecular weight is 405 g/mol. The number of likely N-dealkylation sites (tertiary alicyclic amines) is 1. The fourth-order valence-corrected chi connectivity index (χ4v) is 3.11. The Hall–Kier alpha value is -2.77. The number of carbonyl (C=O) groups is 3. The second-order valence-electron chi connectivity index (χ2n) is 8.01. The van der Waals surface area contributed by atoms with E-state index < -0.39 is 11.7 Å². The number of amides is 3. The van der Waals surface area contributed by atoms with Gasteiger partial charge in [-0.15, -0.1) is 0 Å². The smallest absolute Gasteiger partial charge is 0.407 e. The Balaban J connectivity index is 1.72. The number of methoxy groups -OCH3 is 1. The van der Waals surface area contributed by atoms with E-state index in [9.17, 15) is 14.4 Å². The normalized spacial score (nSPS) is 14.8. The summed E-state index contributed by atoms with van der Waals surface area (Å²) in [6.45, 7) is 6.74. The molecule has 0 aromatic heterocycles. The summed E-state index contributed by atoms with van der Waals surface area (Å²) in [6.07, 6.45) is 1.07. The summed E-state index contributed by atoms with van der Waals surface area (Å²) in [7, 11) is 1.54. The fourth-order valence-electron chi connectivity index (χ4n) is 3.11. The van der Waals surface area contributed by atoms with Crippen LogP contribution in [-0.4, -0.2) is 61.2 Å². The highest BCUT2D eigenvalue weighted by Crippen LogP contribution is 2.18. The molecule has 8 heteroatoms. The lowest BCUT2D eigenvalue weighted by Crippen LogP contribution is -2.47. The maximum Gasteiger partial charge on any atom is 0.407 e. The first-order valence-corrected chi connectivity index (χ1v) is 9.88. The van der Waals surface area contributed by atoms with Crippen LogP contribution in [0.2, 0.25) is 0 Å². The minimum Gasteiger partial charge on any atom is -0.496 e. The first-order chi connectivity index (χ1) is 13.7. The predicted octanol–water partition coefficient (Wildman–Crippen LogP) is 2.33. The van der Waals surface area contributed by atoms with Crippen LogP contribution < -0.4 is 15.4 Å². The number of benzene rings is 1. The Bertz CT molecular complexity index is 721. The molecule has 8 nitrogen and oxygen atoms in total. The molecule has 0 bridgehead atoms. The van der Waals surface area contributed by atoms with Crippen molar-refractivity contribution < 1.29 is 23.9 Å². The first kappa shape index (κ1) is 22.5. The van der Waals surface area contributed by atoms with Crippen molar-refractivity contribution in [2.45, 2.75) is 51.7 Å². The van der Waals surface area contributed by atoms with Gasteiger partial charge in [0.25, 0.3) is 5.91 Å². The van der Waals surface area contributed by atoms with Gasteiger partial charge in [0.15, 0.2) is 0 Å². The SMILES string of the molecule is COc1ccccc1C(=O)NC1CCN(C(=O)CCNC(=O)OC(C)(C)C)CC1. The molecule has 1 saturated heterocycles. The number of hydrogen-bond donors (Lipinski definition) is 2. The molecular formula is C21H31N3O5.